The van der Waals surface area contributed by atoms with Gasteiger partial charge >= 0.3 is 0 Å². The summed E-state index contributed by atoms with van der Waals surface area (Å²) >= 11 is 0. The predicted octanol–water partition coefficient (Wildman–Crippen LogP) is 2.85. The van der Waals surface area contributed by atoms with Gasteiger partial charge in [-0.15, -0.1) is 6.58 Å². The van der Waals surface area contributed by atoms with Crippen molar-refractivity contribution in [2.24, 2.45) is 5.73 Å². The average molecular weight is 217 g/mol. The lowest BCUT2D eigenvalue weighted by atomic mass is 9.85. The molecule has 1 aliphatic rings. The molecule has 0 bridgehead atoms. The molecule has 0 amide bonds. The molecular formula is C14H19NO. The van der Waals surface area contributed by atoms with Crippen molar-refractivity contribution in [3.05, 3.63) is 42.5 Å². The smallest absolute Gasteiger partial charge is 0.122 e. The highest BCUT2D eigenvalue weighted by Gasteiger charge is 2.25. The fourth-order valence-electron chi connectivity index (χ4n) is 2.33. The molecule has 1 aromatic rings. The van der Waals surface area contributed by atoms with Gasteiger partial charge in [-0.05, 0) is 30.9 Å². The molecule has 1 aromatic carbocycles. The Balaban J connectivity index is 2.14. The Hall–Kier alpha value is -1.28. The summed E-state index contributed by atoms with van der Waals surface area (Å²) in [6.45, 7) is 4.52. The van der Waals surface area contributed by atoms with Gasteiger partial charge in [0.1, 0.15) is 5.75 Å². The molecule has 2 rings (SSSR count). The van der Waals surface area contributed by atoms with Crippen LogP contribution in [-0.4, -0.2) is 12.6 Å². The van der Waals surface area contributed by atoms with Crippen molar-refractivity contribution in [3.63, 3.8) is 0 Å². The van der Waals surface area contributed by atoms with Crippen LogP contribution < -0.4 is 10.5 Å². The summed E-state index contributed by atoms with van der Waals surface area (Å²) in [5.41, 5.74) is 7.51. The van der Waals surface area contributed by atoms with E-state index in [9.17, 15) is 0 Å². The zero-order valence-electron chi connectivity index (χ0n) is 9.56. The van der Waals surface area contributed by atoms with Crippen molar-refractivity contribution in [3.8, 4) is 5.75 Å². The number of para-hydroxylation sites is 1. The third-order valence-corrected chi connectivity index (χ3v) is 3.23. The van der Waals surface area contributed by atoms with E-state index in [2.05, 4.69) is 18.7 Å². The predicted molar refractivity (Wildman–Crippen MR) is 66.7 cm³/mol. The van der Waals surface area contributed by atoms with Crippen LogP contribution in [0.3, 0.4) is 0 Å². The SMILES string of the molecule is C=CCCC(N)C1CCOc2ccccc21. The molecule has 0 saturated heterocycles. The molecule has 0 aliphatic carbocycles. The Labute approximate surface area is 97.1 Å². The van der Waals surface area contributed by atoms with Gasteiger partial charge in [-0.2, -0.15) is 0 Å². The summed E-state index contributed by atoms with van der Waals surface area (Å²) in [5, 5.41) is 0. The molecule has 0 saturated carbocycles. The van der Waals surface area contributed by atoms with Gasteiger partial charge in [-0.1, -0.05) is 24.3 Å². The van der Waals surface area contributed by atoms with Crippen molar-refractivity contribution in [1.29, 1.82) is 0 Å². The Kier molecular flexibility index (Phi) is 3.62. The van der Waals surface area contributed by atoms with Crippen LogP contribution in [0.15, 0.2) is 36.9 Å². The van der Waals surface area contributed by atoms with Crippen LogP contribution in [0.2, 0.25) is 0 Å². The van der Waals surface area contributed by atoms with Crippen molar-refractivity contribution >= 4 is 0 Å². The summed E-state index contributed by atoms with van der Waals surface area (Å²) in [4.78, 5) is 0. The van der Waals surface area contributed by atoms with E-state index in [1.165, 1.54) is 5.56 Å². The van der Waals surface area contributed by atoms with Crippen molar-refractivity contribution in [1.82, 2.24) is 0 Å². The molecule has 2 N–H and O–H groups in total. The highest BCUT2D eigenvalue weighted by atomic mass is 16.5. The van der Waals surface area contributed by atoms with Crippen LogP contribution in [0, 0.1) is 0 Å². The number of rotatable bonds is 4. The van der Waals surface area contributed by atoms with E-state index in [0.29, 0.717) is 5.92 Å². The standard InChI is InChI=1S/C14H19NO/c1-2-3-7-13(15)11-9-10-16-14-8-5-4-6-12(11)14/h2,4-6,8,11,13H,1,3,7,9-10,15H2. The maximum atomic E-state index is 6.25. The maximum Gasteiger partial charge on any atom is 0.122 e. The topological polar surface area (TPSA) is 35.2 Å². The molecule has 2 nitrogen and oxygen atoms in total. The van der Waals surface area contributed by atoms with Gasteiger partial charge in [-0.25, -0.2) is 0 Å². The zero-order valence-corrected chi connectivity index (χ0v) is 9.56. The monoisotopic (exact) mass is 217 g/mol. The molecule has 0 spiro atoms. The minimum atomic E-state index is 0.211. The molecule has 86 valence electrons. The number of fused-ring (bicyclic) bond motifs is 1. The molecule has 0 fully saturated rings. The lowest BCUT2D eigenvalue weighted by molar-refractivity contribution is 0.253. The van der Waals surface area contributed by atoms with E-state index in [-0.39, 0.29) is 6.04 Å². The lowest BCUT2D eigenvalue weighted by Gasteiger charge is -2.30. The fourth-order valence-corrected chi connectivity index (χ4v) is 2.33. The van der Waals surface area contributed by atoms with Gasteiger partial charge in [0.15, 0.2) is 0 Å². The normalized spacial score (nSPS) is 20.7. The molecule has 2 unspecified atom stereocenters. The molecule has 1 heterocycles. The molecular weight excluding hydrogens is 198 g/mol. The van der Waals surface area contributed by atoms with Crippen LogP contribution in [0.1, 0.15) is 30.7 Å². The van der Waals surface area contributed by atoms with Crippen LogP contribution in [0.4, 0.5) is 0 Å². The first kappa shape index (κ1) is 11.2. The van der Waals surface area contributed by atoms with Gasteiger partial charge in [0.2, 0.25) is 0 Å². The van der Waals surface area contributed by atoms with Crippen molar-refractivity contribution in [2.45, 2.75) is 31.2 Å². The minimum absolute atomic E-state index is 0.211. The molecule has 1 aliphatic heterocycles. The molecule has 16 heavy (non-hydrogen) atoms. The van der Waals surface area contributed by atoms with Crippen molar-refractivity contribution in [2.75, 3.05) is 6.61 Å². The summed E-state index contributed by atoms with van der Waals surface area (Å²) in [5.74, 6) is 1.44. The Morgan fingerprint density at radius 3 is 3.12 bits per heavy atom. The lowest BCUT2D eigenvalue weighted by Crippen LogP contribution is -2.32. The largest absolute Gasteiger partial charge is 0.493 e. The Bertz CT molecular complexity index is 362. The first-order valence-corrected chi connectivity index (χ1v) is 5.91. The summed E-state index contributed by atoms with van der Waals surface area (Å²) in [6.07, 6.45) is 4.95. The van der Waals surface area contributed by atoms with E-state index in [4.69, 9.17) is 10.5 Å². The first-order chi connectivity index (χ1) is 7.83. The van der Waals surface area contributed by atoms with Gasteiger partial charge < -0.3 is 10.5 Å². The molecule has 2 heteroatoms. The third-order valence-electron chi connectivity index (χ3n) is 3.23. The van der Waals surface area contributed by atoms with Crippen molar-refractivity contribution < 1.29 is 4.74 Å². The second kappa shape index (κ2) is 5.17. The number of hydrogen-bond donors (Lipinski definition) is 1. The number of hydrogen-bond acceptors (Lipinski definition) is 2. The maximum absolute atomic E-state index is 6.25. The second-order valence-electron chi connectivity index (χ2n) is 4.31. The van der Waals surface area contributed by atoms with Gasteiger partial charge in [0.05, 0.1) is 6.61 Å². The molecule has 0 radical (unpaired) electrons. The Morgan fingerprint density at radius 2 is 2.31 bits per heavy atom. The van der Waals surface area contributed by atoms with E-state index in [0.717, 1.165) is 31.6 Å². The van der Waals surface area contributed by atoms with Crippen LogP contribution >= 0.6 is 0 Å². The second-order valence-corrected chi connectivity index (χ2v) is 4.31. The van der Waals surface area contributed by atoms with Crippen LogP contribution in [0.5, 0.6) is 5.75 Å². The number of ether oxygens (including phenoxy) is 1. The van der Waals surface area contributed by atoms with Gasteiger partial charge in [-0.3, -0.25) is 0 Å². The van der Waals surface area contributed by atoms with Gasteiger partial charge in [0.25, 0.3) is 0 Å². The van der Waals surface area contributed by atoms with E-state index >= 15 is 0 Å². The third kappa shape index (κ3) is 2.27. The van der Waals surface area contributed by atoms with E-state index < -0.39 is 0 Å². The average Bonchev–Trinajstić information content (AvgIpc) is 2.35. The summed E-state index contributed by atoms with van der Waals surface area (Å²) in [7, 11) is 0. The Morgan fingerprint density at radius 1 is 1.50 bits per heavy atom. The summed E-state index contributed by atoms with van der Waals surface area (Å²) < 4.78 is 5.63. The zero-order chi connectivity index (χ0) is 11.4. The van der Waals surface area contributed by atoms with Gasteiger partial charge in [0, 0.05) is 12.0 Å². The minimum Gasteiger partial charge on any atom is -0.493 e. The quantitative estimate of drug-likeness (QED) is 0.787. The van der Waals surface area contributed by atoms with E-state index in [1.54, 1.807) is 0 Å². The van der Waals surface area contributed by atoms with E-state index in [1.807, 2.05) is 18.2 Å². The summed E-state index contributed by atoms with van der Waals surface area (Å²) in [6, 6.07) is 8.44. The first-order valence-electron chi connectivity index (χ1n) is 5.91. The fraction of sp³-hybridized carbons (Fsp3) is 0.429. The number of benzene rings is 1. The number of nitrogens with two attached hydrogens (primary N) is 1. The van der Waals surface area contributed by atoms with Crippen LogP contribution in [-0.2, 0) is 0 Å². The van der Waals surface area contributed by atoms with Crippen LogP contribution in [0.25, 0.3) is 0 Å². The highest BCUT2D eigenvalue weighted by molar-refractivity contribution is 5.38. The number of allylic oxidation sites excluding steroid dienone is 1. The molecule has 0 aromatic heterocycles. The highest BCUT2D eigenvalue weighted by Crippen LogP contribution is 2.35. The molecule has 2 atom stereocenters.